The molecule has 10 heteroatoms. The second-order valence-electron chi connectivity index (χ2n) is 6.06. The van der Waals surface area contributed by atoms with Crippen LogP contribution in [-0.4, -0.2) is 51.5 Å². The predicted octanol–water partition coefficient (Wildman–Crippen LogP) is 3.82. The average Bonchev–Trinajstić information content (AvgIpc) is 2.67. The van der Waals surface area contributed by atoms with Crippen LogP contribution in [-0.2, 0) is 10.0 Å². The number of piperazine rings is 1. The lowest BCUT2D eigenvalue weighted by atomic mass is 10.2. The molecule has 1 heterocycles. The van der Waals surface area contributed by atoms with E-state index in [1.54, 1.807) is 11.8 Å². The van der Waals surface area contributed by atoms with Crippen molar-refractivity contribution in [3.05, 3.63) is 48.5 Å². The van der Waals surface area contributed by atoms with Gasteiger partial charge in [0.2, 0.25) is 10.0 Å². The van der Waals surface area contributed by atoms with Crippen molar-refractivity contribution in [3.63, 3.8) is 0 Å². The van der Waals surface area contributed by atoms with E-state index in [0.717, 1.165) is 22.7 Å². The predicted molar refractivity (Wildman–Crippen MR) is 102 cm³/mol. The quantitative estimate of drug-likeness (QED) is 0.673. The molecule has 28 heavy (non-hydrogen) atoms. The van der Waals surface area contributed by atoms with Gasteiger partial charge in [-0.15, -0.1) is 24.9 Å². The number of benzene rings is 2. The smallest absolute Gasteiger partial charge is 0.404 e. The number of hydrogen-bond donors (Lipinski definition) is 0. The van der Waals surface area contributed by atoms with Crippen LogP contribution in [0.1, 0.15) is 0 Å². The van der Waals surface area contributed by atoms with Gasteiger partial charge in [-0.05, 0) is 30.5 Å². The van der Waals surface area contributed by atoms with E-state index < -0.39 is 27.0 Å². The fourth-order valence-corrected chi connectivity index (χ4v) is 5.23. The molecule has 1 aliphatic rings. The number of alkyl halides is 3. The number of rotatable bonds is 5. The molecule has 0 atom stereocenters. The first-order valence-corrected chi connectivity index (χ1v) is 11.1. The minimum atomic E-state index is -4.97. The molecule has 0 spiro atoms. The van der Waals surface area contributed by atoms with Gasteiger partial charge in [0.05, 0.1) is 5.69 Å². The Morgan fingerprint density at radius 2 is 1.57 bits per heavy atom. The molecule has 0 N–H and O–H groups in total. The maximum Gasteiger partial charge on any atom is 0.573 e. The van der Waals surface area contributed by atoms with Crippen molar-refractivity contribution in [2.75, 3.05) is 37.3 Å². The monoisotopic (exact) mass is 432 g/mol. The molecule has 0 radical (unpaired) electrons. The summed E-state index contributed by atoms with van der Waals surface area (Å²) in [6.07, 6.45) is -3.00. The summed E-state index contributed by atoms with van der Waals surface area (Å²) < 4.78 is 68.8. The van der Waals surface area contributed by atoms with Crippen LogP contribution in [0.3, 0.4) is 0 Å². The molecule has 1 aliphatic heterocycles. The van der Waals surface area contributed by atoms with Crippen LogP contribution >= 0.6 is 11.8 Å². The summed E-state index contributed by atoms with van der Waals surface area (Å²) in [7, 11) is -4.11. The molecule has 152 valence electrons. The molecule has 2 aromatic carbocycles. The van der Waals surface area contributed by atoms with Gasteiger partial charge in [-0.1, -0.05) is 24.3 Å². The third-order valence-corrected chi connectivity index (χ3v) is 7.08. The van der Waals surface area contributed by atoms with Crippen molar-refractivity contribution in [2.24, 2.45) is 0 Å². The van der Waals surface area contributed by atoms with Crippen LogP contribution in [0.15, 0.2) is 58.3 Å². The highest BCUT2D eigenvalue weighted by molar-refractivity contribution is 7.98. The third-order valence-electron chi connectivity index (χ3n) is 4.36. The molecule has 0 amide bonds. The zero-order valence-corrected chi connectivity index (χ0v) is 16.6. The number of halogens is 3. The van der Waals surface area contributed by atoms with Crippen LogP contribution in [0.5, 0.6) is 5.75 Å². The van der Waals surface area contributed by atoms with Gasteiger partial charge >= 0.3 is 6.36 Å². The summed E-state index contributed by atoms with van der Waals surface area (Å²) in [6.45, 7) is 1.23. The fraction of sp³-hybridized carbons (Fsp3) is 0.333. The Balaban J connectivity index is 1.79. The second-order valence-corrected chi connectivity index (χ2v) is 8.81. The van der Waals surface area contributed by atoms with Crippen molar-refractivity contribution in [2.45, 2.75) is 16.2 Å². The number of para-hydroxylation sites is 2. The lowest BCUT2D eigenvalue weighted by Crippen LogP contribution is -2.48. The molecule has 0 bridgehead atoms. The first-order valence-electron chi connectivity index (χ1n) is 8.45. The largest absolute Gasteiger partial charge is 0.573 e. The molecule has 5 nitrogen and oxygen atoms in total. The van der Waals surface area contributed by atoms with Gasteiger partial charge in [0.1, 0.15) is 10.6 Å². The fourth-order valence-electron chi connectivity index (χ4n) is 3.07. The Hall–Kier alpha value is -1.91. The maximum absolute atomic E-state index is 12.9. The molecule has 1 fully saturated rings. The van der Waals surface area contributed by atoms with Gasteiger partial charge in [0.15, 0.2) is 0 Å². The van der Waals surface area contributed by atoms with Gasteiger partial charge in [-0.2, -0.15) is 4.31 Å². The molecular formula is C18H19F3N2O3S2. The SMILES string of the molecule is CSc1ccccc1N1CCN(S(=O)(=O)c2ccccc2OC(F)(F)F)CC1. The lowest BCUT2D eigenvalue weighted by Gasteiger charge is -2.36. The van der Waals surface area contributed by atoms with Crippen molar-refractivity contribution in [1.82, 2.24) is 4.31 Å². The van der Waals surface area contributed by atoms with Crippen molar-refractivity contribution < 1.29 is 26.3 Å². The Bertz CT molecular complexity index is 928. The van der Waals surface area contributed by atoms with E-state index in [9.17, 15) is 21.6 Å². The zero-order chi connectivity index (χ0) is 20.4. The van der Waals surface area contributed by atoms with Gasteiger partial charge in [0, 0.05) is 31.1 Å². The lowest BCUT2D eigenvalue weighted by molar-refractivity contribution is -0.275. The van der Waals surface area contributed by atoms with Gasteiger partial charge in [-0.3, -0.25) is 0 Å². The topological polar surface area (TPSA) is 49.9 Å². The number of thioether (sulfide) groups is 1. The summed E-state index contributed by atoms with van der Waals surface area (Å²) in [4.78, 5) is 2.68. The Morgan fingerprint density at radius 1 is 0.964 bits per heavy atom. The van der Waals surface area contributed by atoms with Gasteiger partial charge in [0.25, 0.3) is 0 Å². The summed E-state index contributed by atoms with van der Waals surface area (Å²) in [5.41, 5.74) is 1.02. The number of ether oxygens (including phenoxy) is 1. The minimum absolute atomic E-state index is 0.172. The maximum atomic E-state index is 12.9. The standard InChI is InChI=1S/C18H19F3N2O3S2/c1-27-16-8-4-2-6-14(16)22-10-12-23(13-11-22)28(24,25)17-9-5-3-7-15(17)26-18(19,20)21/h2-9H,10-13H2,1H3. The van der Waals surface area contributed by atoms with Crippen LogP contribution in [0, 0.1) is 0 Å². The first kappa shape index (κ1) is 20.8. The number of nitrogens with zero attached hydrogens (tertiary/aromatic N) is 2. The summed E-state index contributed by atoms with van der Waals surface area (Å²) in [5.74, 6) is -0.717. The van der Waals surface area contributed by atoms with E-state index in [4.69, 9.17) is 0 Å². The van der Waals surface area contributed by atoms with Crippen molar-refractivity contribution in [1.29, 1.82) is 0 Å². The molecule has 0 aliphatic carbocycles. The highest BCUT2D eigenvalue weighted by Crippen LogP contribution is 2.33. The molecule has 0 unspecified atom stereocenters. The molecule has 1 saturated heterocycles. The molecule has 3 rings (SSSR count). The van der Waals surface area contributed by atoms with Crippen LogP contribution in [0.4, 0.5) is 18.9 Å². The average molecular weight is 432 g/mol. The van der Waals surface area contributed by atoms with E-state index >= 15 is 0 Å². The molecule has 0 aromatic heterocycles. The number of anilines is 1. The second kappa shape index (κ2) is 8.22. The molecular weight excluding hydrogens is 413 g/mol. The van der Waals surface area contributed by atoms with E-state index in [-0.39, 0.29) is 13.1 Å². The van der Waals surface area contributed by atoms with E-state index in [2.05, 4.69) is 9.64 Å². The Kier molecular flexibility index (Phi) is 6.11. The Morgan fingerprint density at radius 3 is 2.21 bits per heavy atom. The molecule has 2 aromatic rings. The van der Waals surface area contributed by atoms with E-state index in [1.165, 1.54) is 16.4 Å². The highest BCUT2D eigenvalue weighted by Gasteiger charge is 2.36. The van der Waals surface area contributed by atoms with Crippen molar-refractivity contribution >= 4 is 27.5 Å². The summed E-state index contributed by atoms with van der Waals surface area (Å²) in [6, 6.07) is 12.6. The Labute approximate surface area is 166 Å². The van der Waals surface area contributed by atoms with Gasteiger partial charge in [-0.25, -0.2) is 8.42 Å². The van der Waals surface area contributed by atoms with Crippen LogP contribution in [0.25, 0.3) is 0 Å². The molecule has 0 saturated carbocycles. The number of hydrogen-bond acceptors (Lipinski definition) is 5. The minimum Gasteiger partial charge on any atom is -0.404 e. The van der Waals surface area contributed by atoms with Crippen LogP contribution in [0.2, 0.25) is 0 Å². The van der Waals surface area contributed by atoms with E-state index in [0.29, 0.717) is 13.1 Å². The summed E-state index contributed by atoms with van der Waals surface area (Å²) >= 11 is 1.60. The van der Waals surface area contributed by atoms with Gasteiger partial charge < -0.3 is 9.64 Å². The normalized spacial score (nSPS) is 16.2. The highest BCUT2D eigenvalue weighted by atomic mass is 32.2. The number of sulfonamides is 1. The zero-order valence-electron chi connectivity index (χ0n) is 15.0. The van der Waals surface area contributed by atoms with Crippen LogP contribution < -0.4 is 9.64 Å². The first-order chi connectivity index (χ1) is 13.2. The van der Waals surface area contributed by atoms with E-state index in [1.807, 2.05) is 30.5 Å². The summed E-state index contributed by atoms with van der Waals surface area (Å²) in [5, 5.41) is 0. The van der Waals surface area contributed by atoms with Crippen molar-refractivity contribution in [3.8, 4) is 5.75 Å². The third kappa shape index (κ3) is 4.56.